The predicted octanol–water partition coefficient (Wildman–Crippen LogP) is 4.85. The lowest BCUT2D eigenvalue weighted by atomic mass is 9.64. The minimum atomic E-state index is -4.19. The van der Waals surface area contributed by atoms with Gasteiger partial charge in [0, 0.05) is 6.92 Å². The van der Waals surface area contributed by atoms with E-state index in [0.29, 0.717) is 6.42 Å². The van der Waals surface area contributed by atoms with Crippen LogP contribution in [0.15, 0.2) is 73.1 Å². The van der Waals surface area contributed by atoms with Crippen LogP contribution >= 0.6 is 0 Å². The molecular weight excluding hydrogens is 427 g/mol. The molecule has 0 spiro atoms. The van der Waals surface area contributed by atoms with Crippen molar-refractivity contribution in [2.45, 2.75) is 56.8 Å². The molecule has 4 nitrogen and oxygen atoms in total. The Morgan fingerprint density at radius 3 is 2.12 bits per heavy atom. The molecule has 1 aliphatic rings. The highest BCUT2D eigenvalue weighted by Gasteiger charge is 2.51. The Labute approximate surface area is 191 Å². The van der Waals surface area contributed by atoms with Gasteiger partial charge < -0.3 is 5.73 Å². The molecule has 0 bridgehead atoms. The topological polar surface area (TPSA) is 51.9 Å². The molecule has 1 amide bonds. The molecule has 4 rings (SSSR count). The van der Waals surface area contributed by atoms with Crippen LogP contribution in [0.3, 0.4) is 0 Å². The van der Waals surface area contributed by atoms with Crippen LogP contribution in [0.2, 0.25) is 0 Å². The number of aryl methyl sites for hydroxylation is 1. The highest BCUT2D eigenvalue weighted by atomic mass is 19.4. The molecule has 1 saturated carbocycles. The predicted molar refractivity (Wildman–Crippen MR) is 119 cm³/mol. The number of amides is 1. The van der Waals surface area contributed by atoms with Gasteiger partial charge in [-0.15, -0.1) is 0 Å². The van der Waals surface area contributed by atoms with Gasteiger partial charge in [0.25, 0.3) is 5.82 Å². The number of benzene rings is 2. The maximum absolute atomic E-state index is 13.2. The number of nitrogens with zero attached hydrogens (tertiary/aromatic N) is 2. The van der Waals surface area contributed by atoms with Gasteiger partial charge in [0.1, 0.15) is 23.9 Å². The largest absolute Gasteiger partial charge is 0.392 e. The molecular formula is C26H29F3N3O+. The lowest BCUT2D eigenvalue weighted by molar-refractivity contribution is -0.705. The molecule has 0 aliphatic heterocycles. The van der Waals surface area contributed by atoms with Crippen molar-refractivity contribution in [1.82, 2.24) is 4.57 Å². The van der Waals surface area contributed by atoms with E-state index >= 15 is 0 Å². The zero-order valence-corrected chi connectivity index (χ0v) is 18.6. The molecule has 33 heavy (non-hydrogen) atoms. The van der Waals surface area contributed by atoms with Crippen molar-refractivity contribution in [2.75, 3.05) is 0 Å². The van der Waals surface area contributed by atoms with Gasteiger partial charge in [-0.2, -0.15) is 13.2 Å². The summed E-state index contributed by atoms with van der Waals surface area (Å²) in [4.78, 5) is 13.2. The summed E-state index contributed by atoms with van der Waals surface area (Å²) in [7, 11) is 0. The summed E-state index contributed by atoms with van der Waals surface area (Å²) in [5.74, 6) is 0.374. The normalized spacial score (nSPS) is 19.0. The molecule has 1 aliphatic carbocycles. The van der Waals surface area contributed by atoms with Crippen molar-refractivity contribution >= 4 is 5.91 Å². The molecule has 0 saturated heterocycles. The summed E-state index contributed by atoms with van der Waals surface area (Å²) in [6, 6.07) is 19.4. The van der Waals surface area contributed by atoms with E-state index in [9.17, 15) is 18.0 Å². The van der Waals surface area contributed by atoms with Gasteiger partial charge in [0.2, 0.25) is 5.91 Å². The Balaban J connectivity index is 1.67. The van der Waals surface area contributed by atoms with E-state index in [4.69, 9.17) is 5.73 Å². The lowest BCUT2D eigenvalue weighted by Crippen LogP contribution is -2.47. The molecule has 0 unspecified atom stereocenters. The van der Waals surface area contributed by atoms with Crippen LogP contribution in [0.1, 0.15) is 48.7 Å². The number of primary amides is 1. The number of rotatable bonds is 7. The zero-order chi connectivity index (χ0) is 23.6. The van der Waals surface area contributed by atoms with Crippen molar-refractivity contribution in [3.05, 3.63) is 90.0 Å². The Kier molecular flexibility index (Phi) is 6.32. The number of carbonyl (C=O) groups excluding carboxylic acids is 1. The minimum absolute atomic E-state index is 0.0322. The Morgan fingerprint density at radius 1 is 1.03 bits per heavy atom. The van der Waals surface area contributed by atoms with Crippen molar-refractivity contribution in [2.24, 2.45) is 11.7 Å². The van der Waals surface area contributed by atoms with E-state index in [-0.39, 0.29) is 24.4 Å². The molecule has 2 atom stereocenters. The van der Waals surface area contributed by atoms with Gasteiger partial charge in [-0.1, -0.05) is 60.7 Å². The maximum Gasteiger partial charge on any atom is 0.392 e. The second kappa shape index (κ2) is 9.04. The van der Waals surface area contributed by atoms with E-state index in [0.717, 1.165) is 29.8 Å². The summed E-state index contributed by atoms with van der Waals surface area (Å²) < 4.78 is 41.8. The summed E-state index contributed by atoms with van der Waals surface area (Å²) in [5.41, 5.74) is 6.94. The summed E-state index contributed by atoms with van der Waals surface area (Å²) in [5, 5.41) is 0. The SMILES string of the molecule is Cc1n([C@@H]2CC[C@H](C(C(N)=O)(c3ccccc3)c3ccccc3)C2)cc[n+]1CCC(F)(F)F. The van der Waals surface area contributed by atoms with Crippen LogP contribution < -0.4 is 10.3 Å². The first kappa shape index (κ1) is 23.1. The molecule has 1 aromatic heterocycles. The third-order valence-corrected chi connectivity index (χ3v) is 7.09. The van der Waals surface area contributed by atoms with Crippen molar-refractivity contribution in [3.8, 4) is 0 Å². The van der Waals surface area contributed by atoms with Gasteiger partial charge >= 0.3 is 6.18 Å². The number of hydrogen-bond acceptors (Lipinski definition) is 1. The zero-order valence-electron chi connectivity index (χ0n) is 18.6. The summed E-state index contributed by atoms with van der Waals surface area (Å²) in [6.07, 6.45) is 0.849. The van der Waals surface area contributed by atoms with E-state index < -0.39 is 18.0 Å². The first-order valence-electron chi connectivity index (χ1n) is 11.3. The van der Waals surface area contributed by atoms with Crippen LogP contribution in [0, 0.1) is 12.8 Å². The Morgan fingerprint density at radius 2 is 1.61 bits per heavy atom. The monoisotopic (exact) mass is 456 g/mol. The average Bonchev–Trinajstić information content (AvgIpc) is 3.41. The van der Waals surface area contributed by atoms with Gasteiger partial charge in [-0.3, -0.25) is 4.79 Å². The number of alkyl halides is 3. The van der Waals surface area contributed by atoms with Crippen LogP contribution in [0.25, 0.3) is 0 Å². The molecule has 174 valence electrons. The molecule has 7 heteroatoms. The number of halogens is 3. The minimum Gasteiger partial charge on any atom is -0.369 e. The van der Waals surface area contributed by atoms with Crippen LogP contribution in [-0.4, -0.2) is 16.7 Å². The fourth-order valence-corrected chi connectivity index (χ4v) is 5.52. The molecule has 0 radical (unpaired) electrons. The standard InChI is InChI=1S/C26H28F3N3O/c1-19-31(15-14-25(27,28)29)16-17-32(19)23-13-12-22(18-23)26(24(30)33,20-8-4-2-5-9-20)21-10-6-3-7-11-21/h2-11,16-17,22-23H,12-15,18H2,1H3,(H-,30,33)/p+1/t22-,23+/m0/s1. The average molecular weight is 457 g/mol. The van der Waals surface area contributed by atoms with E-state index in [1.54, 1.807) is 10.8 Å². The maximum atomic E-state index is 13.2. The number of aromatic nitrogens is 2. The van der Waals surface area contributed by atoms with Gasteiger partial charge in [0.05, 0.1) is 13.0 Å². The van der Waals surface area contributed by atoms with Crippen LogP contribution in [0.5, 0.6) is 0 Å². The second-order valence-electron chi connectivity index (χ2n) is 8.88. The fourth-order valence-electron chi connectivity index (χ4n) is 5.52. The first-order valence-corrected chi connectivity index (χ1v) is 11.3. The quantitative estimate of drug-likeness (QED) is 0.508. The van der Waals surface area contributed by atoms with Gasteiger partial charge in [0.15, 0.2) is 0 Å². The molecule has 2 aromatic carbocycles. The summed E-state index contributed by atoms with van der Waals surface area (Å²) >= 11 is 0. The van der Waals surface area contributed by atoms with Gasteiger partial charge in [-0.05, 0) is 36.3 Å². The number of hydrogen-bond donors (Lipinski definition) is 1. The lowest BCUT2D eigenvalue weighted by Gasteiger charge is -2.37. The number of imidazole rings is 1. The van der Waals surface area contributed by atoms with Crippen LogP contribution in [-0.2, 0) is 16.8 Å². The van der Waals surface area contributed by atoms with Crippen molar-refractivity contribution in [3.63, 3.8) is 0 Å². The smallest absolute Gasteiger partial charge is 0.369 e. The summed E-state index contributed by atoms with van der Waals surface area (Å²) in [6.45, 7) is 1.75. The number of nitrogens with two attached hydrogens (primary N) is 1. The number of carbonyl (C=O) groups is 1. The molecule has 1 fully saturated rings. The Bertz CT molecular complexity index is 1050. The third-order valence-electron chi connectivity index (χ3n) is 7.09. The third kappa shape index (κ3) is 4.41. The van der Waals surface area contributed by atoms with Gasteiger partial charge in [-0.25, -0.2) is 9.13 Å². The van der Waals surface area contributed by atoms with E-state index in [2.05, 4.69) is 4.57 Å². The van der Waals surface area contributed by atoms with Crippen molar-refractivity contribution in [1.29, 1.82) is 0 Å². The molecule has 3 aromatic rings. The fraction of sp³-hybridized carbons (Fsp3) is 0.385. The molecule has 2 N–H and O–H groups in total. The van der Waals surface area contributed by atoms with E-state index in [1.807, 2.05) is 73.8 Å². The first-order chi connectivity index (χ1) is 15.7. The Hall–Kier alpha value is -3.09. The second-order valence-corrected chi connectivity index (χ2v) is 8.88. The van der Waals surface area contributed by atoms with E-state index in [1.165, 1.54) is 0 Å². The molecule has 1 heterocycles. The highest BCUT2D eigenvalue weighted by molar-refractivity contribution is 5.91. The highest BCUT2D eigenvalue weighted by Crippen LogP contribution is 2.49. The van der Waals surface area contributed by atoms with Crippen LogP contribution in [0.4, 0.5) is 13.2 Å². The van der Waals surface area contributed by atoms with Crippen molar-refractivity contribution < 1.29 is 22.5 Å².